The molecule has 0 fully saturated rings. The van der Waals surface area contributed by atoms with Gasteiger partial charge < -0.3 is 5.32 Å². The Morgan fingerprint density at radius 1 is 1.43 bits per heavy atom. The van der Waals surface area contributed by atoms with Gasteiger partial charge >= 0.3 is 0 Å². The van der Waals surface area contributed by atoms with E-state index in [0.717, 1.165) is 40.4 Å². The lowest BCUT2D eigenvalue weighted by molar-refractivity contribution is 0.0931. The molecular formula is C17H18FNOS. The molecule has 2 nitrogen and oxygen atoms in total. The quantitative estimate of drug-likeness (QED) is 0.829. The number of Topliss-reactive ketones (excluding diaryl/α,β-unsaturated/α-hetero) is 1. The minimum absolute atomic E-state index is 0.0538. The van der Waals surface area contributed by atoms with Gasteiger partial charge in [0.2, 0.25) is 0 Å². The predicted octanol–water partition coefficient (Wildman–Crippen LogP) is 4.75. The van der Waals surface area contributed by atoms with Crippen LogP contribution in [0.3, 0.4) is 0 Å². The summed E-state index contributed by atoms with van der Waals surface area (Å²) in [7, 11) is 0. The molecule has 4 heteroatoms. The molecule has 2 heterocycles. The van der Waals surface area contributed by atoms with Crippen molar-refractivity contribution < 1.29 is 9.18 Å². The molecule has 3 rings (SSSR count). The fourth-order valence-electron chi connectivity index (χ4n) is 2.58. The van der Waals surface area contributed by atoms with Crippen molar-refractivity contribution in [2.45, 2.75) is 26.7 Å². The summed E-state index contributed by atoms with van der Waals surface area (Å²) in [6.45, 7) is 4.76. The Bertz CT molecular complexity index is 692. The fourth-order valence-corrected chi connectivity index (χ4v) is 3.89. The molecule has 1 atom stereocenters. The lowest BCUT2D eigenvalue weighted by Gasteiger charge is -2.08. The van der Waals surface area contributed by atoms with Crippen LogP contribution in [0.4, 0.5) is 10.1 Å². The normalized spacial score (nSPS) is 14.6. The largest absolute Gasteiger partial charge is 0.384 e. The van der Waals surface area contributed by atoms with Crippen LogP contribution >= 0.6 is 11.3 Å². The molecule has 0 bridgehead atoms. The number of anilines is 1. The van der Waals surface area contributed by atoms with E-state index in [1.807, 2.05) is 19.9 Å². The summed E-state index contributed by atoms with van der Waals surface area (Å²) >= 11 is 1.54. The first-order valence-electron chi connectivity index (χ1n) is 7.31. The van der Waals surface area contributed by atoms with E-state index in [9.17, 15) is 9.18 Å². The second-order valence-corrected chi connectivity index (χ2v) is 6.56. The first kappa shape index (κ1) is 14.3. The Kier molecular flexibility index (Phi) is 3.81. The SMILES string of the molecule is CCC(C)C(=O)c1cc2c(s1)-c1ccc(F)cc1NCC2. The highest BCUT2D eigenvalue weighted by molar-refractivity contribution is 7.17. The molecule has 1 unspecified atom stereocenters. The molecule has 0 amide bonds. The third-order valence-corrected chi connectivity index (χ3v) is 5.27. The van der Waals surface area contributed by atoms with Gasteiger partial charge in [0.1, 0.15) is 5.82 Å². The molecule has 0 spiro atoms. The highest BCUT2D eigenvalue weighted by atomic mass is 32.1. The van der Waals surface area contributed by atoms with E-state index in [0.29, 0.717) is 0 Å². The monoisotopic (exact) mass is 303 g/mol. The zero-order chi connectivity index (χ0) is 15.0. The van der Waals surface area contributed by atoms with Crippen molar-refractivity contribution in [3.05, 3.63) is 40.5 Å². The number of thiophene rings is 1. The van der Waals surface area contributed by atoms with E-state index in [1.165, 1.54) is 29.0 Å². The molecule has 1 N–H and O–H groups in total. The summed E-state index contributed by atoms with van der Waals surface area (Å²) in [5, 5.41) is 3.26. The molecular weight excluding hydrogens is 285 g/mol. The molecule has 1 aromatic carbocycles. The summed E-state index contributed by atoms with van der Waals surface area (Å²) in [5.41, 5.74) is 3.00. The zero-order valence-corrected chi connectivity index (χ0v) is 13.0. The molecule has 1 aromatic heterocycles. The minimum Gasteiger partial charge on any atom is -0.384 e. The molecule has 2 aromatic rings. The van der Waals surface area contributed by atoms with Crippen LogP contribution in [0.5, 0.6) is 0 Å². The van der Waals surface area contributed by atoms with E-state index in [1.54, 1.807) is 6.07 Å². The van der Waals surface area contributed by atoms with E-state index in [-0.39, 0.29) is 17.5 Å². The van der Waals surface area contributed by atoms with Gasteiger partial charge in [0.25, 0.3) is 0 Å². The van der Waals surface area contributed by atoms with Gasteiger partial charge in [-0.1, -0.05) is 13.8 Å². The van der Waals surface area contributed by atoms with Crippen molar-refractivity contribution in [2.75, 3.05) is 11.9 Å². The van der Waals surface area contributed by atoms with Crippen LogP contribution in [-0.2, 0) is 6.42 Å². The summed E-state index contributed by atoms with van der Waals surface area (Å²) in [5.74, 6) is 0.0301. The van der Waals surface area contributed by atoms with Crippen LogP contribution in [0, 0.1) is 11.7 Å². The second kappa shape index (κ2) is 5.60. The van der Waals surface area contributed by atoms with Gasteiger partial charge in [0.05, 0.1) is 4.88 Å². The average molecular weight is 303 g/mol. The number of ketones is 1. The summed E-state index contributed by atoms with van der Waals surface area (Å²) < 4.78 is 13.4. The third-order valence-electron chi connectivity index (χ3n) is 4.05. The van der Waals surface area contributed by atoms with Crippen LogP contribution in [0.25, 0.3) is 10.4 Å². The molecule has 0 aliphatic carbocycles. The Hall–Kier alpha value is -1.68. The smallest absolute Gasteiger partial charge is 0.175 e. The van der Waals surface area contributed by atoms with Crippen LogP contribution < -0.4 is 5.32 Å². The summed E-state index contributed by atoms with van der Waals surface area (Å²) in [4.78, 5) is 14.3. The average Bonchev–Trinajstić information content (AvgIpc) is 2.82. The van der Waals surface area contributed by atoms with E-state index < -0.39 is 0 Å². The summed E-state index contributed by atoms with van der Waals surface area (Å²) in [6.07, 6.45) is 1.71. The van der Waals surface area contributed by atoms with E-state index in [4.69, 9.17) is 0 Å². The van der Waals surface area contributed by atoms with Crippen molar-refractivity contribution in [1.82, 2.24) is 0 Å². The highest BCUT2D eigenvalue weighted by Gasteiger charge is 2.22. The number of benzene rings is 1. The molecule has 0 radical (unpaired) electrons. The standard InChI is InChI=1S/C17H18FNOS/c1-3-10(2)16(20)15-8-11-6-7-19-14-9-12(18)4-5-13(14)17(11)21-15/h4-5,8-10,19H,3,6-7H2,1-2H3. The Balaban J connectivity index is 2.07. The van der Waals surface area contributed by atoms with Crippen LogP contribution in [-0.4, -0.2) is 12.3 Å². The van der Waals surface area contributed by atoms with Gasteiger partial charge in [0.15, 0.2) is 5.78 Å². The molecule has 0 saturated heterocycles. The highest BCUT2D eigenvalue weighted by Crippen LogP contribution is 2.40. The topological polar surface area (TPSA) is 29.1 Å². The number of rotatable bonds is 3. The van der Waals surface area contributed by atoms with E-state index in [2.05, 4.69) is 5.32 Å². The van der Waals surface area contributed by atoms with Crippen molar-refractivity contribution in [3.63, 3.8) is 0 Å². The lowest BCUT2D eigenvalue weighted by Crippen LogP contribution is -2.08. The number of hydrogen-bond acceptors (Lipinski definition) is 3. The van der Waals surface area contributed by atoms with Gasteiger partial charge in [-0.25, -0.2) is 4.39 Å². The number of fused-ring (bicyclic) bond motifs is 3. The number of carbonyl (C=O) groups excluding carboxylic acids is 1. The van der Waals surface area contributed by atoms with Crippen LogP contribution in [0.15, 0.2) is 24.3 Å². The first-order valence-corrected chi connectivity index (χ1v) is 8.12. The van der Waals surface area contributed by atoms with Crippen molar-refractivity contribution in [2.24, 2.45) is 5.92 Å². The molecule has 0 saturated carbocycles. The van der Waals surface area contributed by atoms with Gasteiger partial charge in [-0.15, -0.1) is 11.3 Å². The van der Waals surface area contributed by atoms with Crippen molar-refractivity contribution in [1.29, 1.82) is 0 Å². The first-order chi connectivity index (χ1) is 10.1. The summed E-state index contributed by atoms with van der Waals surface area (Å²) in [6, 6.07) is 6.83. The Labute approximate surface area is 128 Å². The maximum atomic E-state index is 13.4. The van der Waals surface area contributed by atoms with Gasteiger partial charge in [0, 0.05) is 28.6 Å². The van der Waals surface area contributed by atoms with Crippen LogP contribution in [0.1, 0.15) is 35.5 Å². The van der Waals surface area contributed by atoms with Gasteiger partial charge in [-0.2, -0.15) is 0 Å². The Morgan fingerprint density at radius 3 is 3.00 bits per heavy atom. The third kappa shape index (κ3) is 2.60. The molecule has 1 aliphatic rings. The molecule has 1 aliphatic heterocycles. The lowest BCUT2D eigenvalue weighted by atomic mass is 10.0. The number of nitrogens with one attached hydrogen (secondary N) is 1. The van der Waals surface area contributed by atoms with Crippen molar-refractivity contribution >= 4 is 22.8 Å². The fraction of sp³-hybridized carbons (Fsp3) is 0.353. The van der Waals surface area contributed by atoms with Gasteiger partial charge in [-0.3, -0.25) is 4.79 Å². The van der Waals surface area contributed by atoms with Crippen LogP contribution in [0.2, 0.25) is 0 Å². The number of hydrogen-bond donors (Lipinski definition) is 1. The van der Waals surface area contributed by atoms with Gasteiger partial charge in [-0.05, 0) is 42.7 Å². The molecule has 21 heavy (non-hydrogen) atoms. The number of carbonyl (C=O) groups is 1. The maximum Gasteiger partial charge on any atom is 0.175 e. The Morgan fingerprint density at radius 2 is 2.24 bits per heavy atom. The second-order valence-electron chi connectivity index (χ2n) is 5.51. The molecule has 110 valence electrons. The zero-order valence-electron chi connectivity index (χ0n) is 12.2. The predicted molar refractivity (Wildman–Crippen MR) is 85.7 cm³/mol. The minimum atomic E-state index is -0.239. The maximum absolute atomic E-state index is 13.4. The number of halogens is 1. The van der Waals surface area contributed by atoms with E-state index >= 15 is 0 Å². The van der Waals surface area contributed by atoms with Crippen molar-refractivity contribution in [3.8, 4) is 10.4 Å².